The fourth-order valence-electron chi connectivity index (χ4n) is 4.67. The second kappa shape index (κ2) is 9.39. The highest BCUT2D eigenvalue weighted by Crippen LogP contribution is 2.36. The van der Waals surface area contributed by atoms with Gasteiger partial charge in [-0.1, -0.05) is 23.2 Å². The van der Waals surface area contributed by atoms with Crippen LogP contribution in [-0.4, -0.2) is 50.9 Å². The van der Waals surface area contributed by atoms with E-state index in [-0.39, 0.29) is 16.8 Å². The van der Waals surface area contributed by atoms with E-state index in [4.69, 9.17) is 28.3 Å². The lowest BCUT2D eigenvalue weighted by atomic mass is 10.0. The van der Waals surface area contributed by atoms with Gasteiger partial charge >= 0.3 is 6.09 Å². The van der Waals surface area contributed by atoms with E-state index in [0.717, 1.165) is 11.3 Å². The Morgan fingerprint density at radius 3 is 2.76 bits per heavy atom. The van der Waals surface area contributed by atoms with Crippen LogP contribution < -0.4 is 10.9 Å². The van der Waals surface area contributed by atoms with Crippen LogP contribution in [0, 0.1) is 0 Å². The molecule has 0 fully saturated rings. The van der Waals surface area contributed by atoms with E-state index in [9.17, 15) is 9.59 Å². The number of hydrogen-bond acceptors (Lipinski definition) is 7. The summed E-state index contributed by atoms with van der Waals surface area (Å²) < 4.78 is 3.23. The van der Waals surface area contributed by atoms with Gasteiger partial charge in [0.2, 0.25) is 0 Å². The number of pyridine rings is 2. The summed E-state index contributed by atoms with van der Waals surface area (Å²) >= 11 is 12.8. The lowest BCUT2D eigenvalue weighted by Gasteiger charge is -2.15. The number of nitrogens with zero attached hydrogens (tertiary/aromatic N) is 7. The van der Waals surface area contributed by atoms with Crippen LogP contribution in [0.3, 0.4) is 0 Å². The molecule has 190 valence electrons. The first-order valence-electron chi connectivity index (χ1n) is 11.4. The summed E-state index contributed by atoms with van der Waals surface area (Å²) in [6.45, 7) is 0. The van der Waals surface area contributed by atoms with Crippen molar-refractivity contribution >= 4 is 35.0 Å². The average molecular weight is 550 g/mol. The van der Waals surface area contributed by atoms with Crippen LogP contribution in [-0.2, 0) is 6.42 Å². The molecule has 1 amide bonds. The molecule has 5 aromatic rings. The van der Waals surface area contributed by atoms with Crippen LogP contribution in [0.15, 0.2) is 59.8 Å². The number of hydrogen-bond donors (Lipinski definition) is 3. The SMILES string of the molecule is O=C(O)Nc1ccc(-c2nc(Cl)c([C@@H]3CCc4cc(-c5cc(Cl)ccc5-n5cnnn5)cc(=O)n43)[nH]2)nc1. The Morgan fingerprint density at radius 1 is 1.16 bits per heavy atom. The molecule has 6 rings (SSSR count). The Balaban J connectivity index is 1.35. The summed E-state index contributed by atoms with van der Waals surface area (Å²) in [5.74, 6) is 0.412. The Bertz CT molecular complexity index is 1730. The quantitative estimate of drug-likeness (QED) is 0.294. The largest absolute Gasteiger partial charge is 0.465 e. The molecule has 1 aliphatic heterocycles. The fraction of sp³-hybridized carbons (Fsp3) is 0.125. The van der Waals surface area contributed by atoms with E-state index >= 15 is 0 Å². The number of halogens is 2. The Kier molecular flexibility index (Phi) is 5.89. The third-order valence-electron chi connectivity index (χ3n) is 6.27. The minimum absolute atomic E-state index is 0.197. The van der Waals surface area contributed by atoms with Gasteiger partial charge in [0.25, 0.3) is 5.56 Å². The number of aromatic nitrogens is 8. The van der Waals surface area contributed by atoms with E-state index in [1.54, 1.807) is 41.0 Å². The number of tetrazole rings is 1. The van der Waals surface area contributed by atoms with E-state index in [2.05, 4.69) is 35.8 Å². The fourth-order valence-corrected chi connectivity index (χ4v) is 5.10. The zero-order valence-corrected chi connectivity index (χ0v) is 20.8. The van der Waals surface area contributed by atoms with E-state index in [1.165, 1.54) is 17.2 Å². The standard InChI is InChI=1S/C24H17Cl2N9O3/c25-13-1-5-18(34-11-28-32-33-34)16(9-13)12-7-15-3-6-19(35(15)20(36)8-12)21-22(26)31-23(30-21)17-4-2-14(10-27-17)29-24(37)38/h1-2,4-5,7-11,19,29H,3,6H2,(H,30,31)(H,37,38)/t19-/m0/s1. The van der Waals surface area contributed by atoms with Crippen molar-refractivity contribution in [1.82, 2.24) is 39.7 Å². The number of imidazole rings is 1. The van der Waals surface area contributed by atoms with Crippen LogP contribution in [0.5, 0.6) is 0 Å². The minimum Gasteiger partial charge on any atom is -0.465 e. The number of amides is 1. The number of carbonyl (C=O) groups is 1. The summed E-state index contributed by atoms with van der Waals surface area (Å²) in [4.78, 5) is 36.1. The average Bonchev–Trinajstić information content (AvgIpc) is 3.64. The maximum atomic E-state index is 13.4. The third kappa shape index (κ3) is 4.29. The highest BCUT2D eigenvalue weighted by Gasteiger charge is 2.30. The molecule has 0 radical (unpaired) electrons. The molecule has 4 aromatic heterocycles. The van der Waals surface area contributed by atoms with Crippen LogP contribution >= 0.6 is 23.2 Å². The zero-order valence-electron chi connectivity index (χ0n) is 19.3. The molecule has 5 heterocycles. The first-order valence-corrected chi connectivity index (χ1v) is 12.1. The molecular weight excluding hydrogens is 533 g/mol. The molecule has 0 bridgehead atoms. The van der Waals surface area contributed by atoms with Gasteiger partial charge in [-0.15, -0.1) is 5.10 Å². The number of H-pyrrole nitrogens is 1. The molecule has 38 heavy (non-hydrogen) atoms. The van der Waals surface area contributed by atoms with Gasteiger partial charge in [0, 0.05) is 22.3 Å². The minimum atomic E-state index is -1.18. The predicted molar refractivity (Wildman–Crippen MR) is 139 cm³/mol. The van der Waals surface area contributed by atoms with Crippen molar-refractivity contribution in [2.45, 2.75) is 18.9 Å². The van der Waals surface area contributed by atoms with Crippen LogP contribution in [0.4, 0.5) is 10.5 Å². The van der Waals surface area contributed by atoms with Crippen molar-refractivity contribution in [2.75, 3.05) is 5.32 Å². The Morgan fingerprint density at radius 2 is 2.03 bits per heavy atom. The van der Waals surface area contributed by atoms with Gasteiger partial charge in [0.1, 0.15) is 12.0 Å². The summed E-state index contributed by atoms with van der Waals surface area (Å²) in [7, 11) is 0. The molecule has 0 unspecified atom stereocenters. The molecular formula is C24H17Cl2N9O3. The normalized spacial score (nSPS) is 14.4. The predicted octanol–water partition coefficient (Wildman–Crippen LogP) is 4.21. The second-order valence-electron chi connectivity index (χ2n) is 8.57. The van der Waals surface area contributed by atoms with Crippen molar-refractivity contribution < 1.29 is 9.90 Å². The molecule has 1 aliphatic rings. The highest BCUT2D eigenvalue weighted by molar-refractivity contribution is 6.31. The number of aryl methyl sites for hydroxylation is 1. The van der Waals surface area contributed by atoms with Crippen molar-refractivity contribution in [3.05, 3.63) is 86.9 Å². The molecule has 0 saturated carbocycles. The van der Waals surface area contributed by atoms with Crippen molar-refractivity contribution in [2.24, 2.45) is 0 Å². The number of carboxylic acid groups (broad SMARTS) is 1. The number of rotatable bonds is 5. The third-order valence-corrected chi connectivity index (χ3v) is 6.80. The molecule has 0 saturated heterocycles. The van der Waals surface area contributed by atoms with Gasteiger partial charge in [-0.05, 0) is 65.2 Å². The van der Waals surface area contributed by atoms with Gasteiger partial charge in [0.15, 0.2) is 11.0 Å². The summed E-state index contributed by atoms with van der Waals surface area (Å²) in [5, 5.41) is 23.2. The zero-order chi connectivity index (χ0) is 26.4. The monoisotopic (exact) mass is 549 g/mol. The first kappa shape index (κ1) is 23.8. The van der Waals surface area contributed by atoms with Gasteiger partial charge in [-0.2, -0.15) is 4.68 Å². The molecule has 12 nitrogen and oxygen atoms in total. The number of benzene rings is 1. The lowest BCUT2D eigenvalue weighted by molar-refractivity contribution is 0.209. The lowest BCUT2D eigenvalue weighted by Crippen LogP contribution is -2.23. The molecule has 14 heteroatoms. The van der Waals surface area contributed by atoms with Gasteiger partial charge in [-0.25, -0.2) is 9.78 Å². The topological polar surface area (TPSA) is 156 Å². The number of nitrogens with one attached hydrogen (secondary N) is 2. The number of aromatic amines is 1. The molecule has 3 N–H and O–H groups in total. The van der Waals surface area contributed by atoms with Crippen LogP contribution in [0.25, 0.3) is 28.3 Å². The highest BCUT2D eigenvalue weighted by atomic mass is 35.5. The second-order valence-corrected chi connectivity index (χ2v) is 9.36. The number of fused-ring (bicyclic) bond motifs is 1. The van der Waals surface area contributed by atoms with Gasteiger partial charge in [-0.3, -0.25) is 15.1 Å². The van der Waals surface area contributed by atoms with Gasteiger partial charge < -0.3 is 14.7 Å². The van der Waals surface area contributed by atoms with Crippen LogP contribution in [0.2, 0.25) is 10.2 Å². The maximum Gasteiger partial charge on any atom is 0.409 e. The van der Waals surface area contributed by atoms with E-state index in [0.29, 0.717) is 52.0 Å². The molecule has 0 spiro atoms. The van der Waals surface area contributed by atoms with Gasteiger partial charge in [0.05, 0.1) is 29.3 Å². The number of anilines is 1. The molecule has 1 aromatic carbocycles. The molecule has 0 aliphatic carbocycles. The first-order chi connectivity index (χ1) is 18.4. The van der Waals surface area contributed by atoms with E-state index in [1.807, 2.05) is 6.07 Å². The summed E-state index contributed by atoms with van der Waals surface area (Å²) in [6, 6.07) is 11.7. The van der Waals surface area contributed by atoms with Crippen molar-refractivity contribution in [3.63, 3.8) is 0 Å². The maximum absolute atomic E-state index is 13.4. The smallest absolute Gasteiger partial charge is 0.409 e. The Hall–Kier alpha value is -4.55. The summed E-state index contributed by atoms with van der Waals surface area (Å²) in [6.07, 6.45) is 2.97. The Labute approximate surface area is 223 Å². The van der Waals surface area contributed by atoms with Crippen molar-refractivity contribution in [3.8, 4) is 28.3 Å². The van der Waals surface area contributed by atoms with E-state index < -0.39 is 6.09 Å². The van der Waals surface area contributed by atoms with Crippen molar-refractivity contribution in [1.29, 1.82) is 0 Å². The summed E-state index contributed by atoms with van der Waals surface area (Å²) in [5.41, 5.74) is 4.17. The molecule has 1 atom stereocenters. The van der Waals surface area contributed by atoms with Crippen LogP contribution in [0.1, 0.15) is 23.9 Å².